The predicted molar refractivity (Wildman–Crippen MR) is 86.7 cm³/mol. The van der Waals surface area contributed by atoms with Crippen molar-refractivity contribution < 1.29 is 0 Å². The Hall–Kier alpha value is -0.860. The van der Waals surface area contributed by atoms with Crippen LogP contribution in [0, 0.1) is 11.3 Å². The van der Waals surface area contributed by atoms with E-state index in [-0.39, 0.29) is 5.41 Å². The Labute approximate surface area is 124 Å². The number of benzene rings is 1. The van der Waals surface area contributed by atoms with Gasteiger partial charge in [0, 0.05) is 12.6 Å². The maximum absolute atomic E-state index is 6.01. The lowest BCUT2D eigenvalue weighted by atomic mass is 9.83. The van der Waals surface area contributed by atoms with Crippen LogP contribution in [0.4, 0.5) is 0 Å². The normalized spacial score (nSPS) is 20.0. The van der Waals surface area contributed by atoms with E-state index in [0.717, 1.165) is 12.5 Å². The van der Waals surface area contributed by atoms with Gasteiger partial charge in [-0.25, -0.2) is 0 Å². The van der Waals surface area contributed by atoms with Crippen molar-refractivity contribution in [1.82, 2.24) is 4.90 Å². The average molecular weight is 274 g/mol. The Morgan fingerprint density at radius 3 is 2.25 bits per heavy atom. The molecule has 0 bridgehead atoms. The number of hydrogen-bond acceptors (Lipinski definition) is 2. The fourth-order valence-corrected chi connectivity index (χ4v) is 3.47. The van der Waals surface area contributed by atoms with Gasteiger partial charge in [-0.05, 0) is 49.2 Å². The second-order valence-corrected chi connectivity index (χ2v) is 7.29. The molecule has 1 aromatic rings. The first-order valence-corrected chi connectivity index (χ1v) is 7.98. The van der Waals surface area contributed by atoms with Crippen LogP contribution in [0.1, 0.15) is 39.2 Å². The van der Waals surface area contributed by atoms with Crippen LogP contribution in [0.5, 0.6) is 0 Å². The molecule has 1 aromatic carbocycles. The Morgan fingerprint density at radius 1 is 1.15 bits per heavy atom. The Kier molecular flexibility index (Phi) is 5.22. The van der Waals surface area contributed by atoms with Crippen LogP contribution < -0.4 is 5.73 Å². The summed E-state index contributed by atoms with van der Waals surface area (Å²) < 4.78 is 0. The van der Waals surface area contributed by atoms with Crippen molar-refractivity contribution in [2.24, 2.45) is 17.1 Å². The molecule has 0 radical (unpaired) electrons. The van der Waals surface area contributed by atoms with Crippen LogP contribution in [-0.2, 0) is 6.42 Å². The fraction of sp³-hybridized carbons (Fsp3) is 0.667. The third-order valence-corrected chi connectivity index (χ3v) is 4.68. The molecule has 2 nitrogen and oxygen atoms in total. The van der Waals surface area contributed by atoms with E-state index >= 15 is 0 Å². The molecule has 1 fully saturated rings. The molecule has 2 heteroatoms. The Bertz CT molecular complexity index is 386. The Morgan fingerprint density at radius 2 is 1.75 bits per heavy atom. The average Bonchev–Trinajstić information content (AvgIpc) is 2.41. The smallest absolute Gasteiger partial charge is 0.0266 e. The van der Waals surface area contributed by atoms with Gasteiger partial charge >= 0.3 is 0 Å². The molecule has 1 saturated heterocycles. The predicted octanol–water partition coefficient (Wildman–Crippen LogP) is 3.31. The van der Waals surface area contributed by atoms with E-state index in [1.165, 1.54) is 37.9 Å². The van der Waals surface area contributed by atoms with E-state index in [1.54, 1.807) is 0 Å². The number of likely N-dealkylation sites (tertiary alicyclic amines) is 1. The van der Waals surface area contributed by atoms with Crippen molar-refractivity contribution in [2.45, 2.75) is 46.1 Å². The van der Waals surface area contributed by atoms with Gasteiger partial charge in [-0.3, -0.25) is 4.90 Å². The third-order valence-electron chi connectivity index (χ3n) is 4.68. The molecule has 2 N–H and O–H groups in total. The standard InChI is InChI=1S/C18H30N2/c1-18(2,3)17(14-19)20-11-9-16(10-12-20)13-15-7-5-4-6-8-15/h4-8,16-17H,9-14,19H2,1-3H3. The first-order valence-electron chi connectivity index (χ1n) is 7.98. The van der Waals surface area contributed by atoms with E-state index in [9.17, 15) is 0 Å². The fourth-order valence-electron chi connectivity index (χ4n) is 3.47. The number of piperidine rings is 1. The van der Waals surface area contributed by atoms with Crippen LogP contribution in [-0.4, -0.2) is 30.6 Å². The molecule has 1 aliphatic rings. The molecule has 0 spiro atoms. The molecule has 1 unspecified atom stereocenters. The van der Waals surface area contributed by atoms with Crippen LogP contribution in [0.2, 0.25) is 0 Å². The van der Waals surface area contributed by atoms with Crippen molar-refractivity contribution >= 4 is 0 Å². The zero-order valence-electron chi connectivity index (χ0n) is 13.3. The SMILES string of the molecule is CC(C)(C)C(CN)N1CCC(Cc2ccccc2)CC1. The lowest BCUT2D eigenvalue weighted by Crippen LogP contribution is -2.51. The zero-order chi connectivity index (χ0) is 14.6. The minimum atomic E-state index is 0.279. The number of rotatable bonds is 4. The van der Waals surface area contributed by atoms with Crippen molar-refractivity contribution in [3.05, 3.63) is 35.9 Å². The molecule has 112 valence electrons. The molecular formula is C18H30N2. The van der Waals surface area contributed by atoms with Crippen LogP contribution in [0.15, 0.2) is 30.3 Å². The van der Waals surface area contributed by atoms with Gasteiger partial charge in [-0.15, -0.1) is 0 Å². The van der Waals surface area contributed by atoms with E-state index in [2.05, 4.69) is 56.0 Å². The molecular weight excluding hydrogens is 244 g/mol. The van der Waals surface area contributed by atoms with E-state index in [0.29, 0.717) is 6.04 Å². The summed E-state index contributed by atoms with van der Waals surface area (Å²) in [5, 5.41) is 0. The number of nitrogens with two attached hydrogens (primary N) is 1. The largest absolute Gasteiger partial charge is 0.329 e. The highest BCUT2D eigenvalue weighted by atomic mass is 15.2. The molecule has 2 rings (SSSR count). The molecule has 1 atom stereocenters. The van der Waals surface area contributed by atoms with Gasteiger partial charge in [-0.1, -0.05) is 51.1 Å². The highest BCUT2D eigenvalue weighted by Gasteiger charge is 2.31. The van der Waals surface area contributed by atoms with Gasteiger partial charge in [0.15, 0.2) is 0 Å². The maximum atomic E-state index is 6.01. The van der Waals surface area contributed by atoms with Crippen molar-refractivity contribution in [3.8, 4) is 0 Å². The van der Waals surface area contributed by atoms with Gasteiger partial charge in [-0.2, -0.15) is 0 Å². The topological polar surface area (TPSA) is 29.3 Å². The summed E-state index contributed by atoms with van der Waals surface area (Å²) in [7, 11) is 0. The van der Waals surface area contributed by atoms with Crippen LogP contribution in [0.25, 0.3) is 0 Å². The molecule has 1 heterocycles. The van der Waals surface area contributed by atoms with E-state index in [4.69, 9.17) is 5.73 Å². The van der Waals surface area contributed by atoms with E-state index < -0.39 is 0 Å². The van der Waals surface area contributed by atoms with Crippen molar-refractivity contribution in [2.75, 3.05) is 19.6 Å². The molecule has 0 aliphatic carbocycles. The quantitative estimate of drug-likeness (QED) is 0.912. The summed E-state index contributed by atoms with van der Waals surface area (Å²) in [6.07, 6.45) is 3.85. The van der Waals surface area contributed by atoms with Gasteiger partial charge < -0.3 is 5.73 Å². The molecule has 0 saturated carbocycles. The molecule has 1 aliphatic heterocycles. The highest BCUT2D eigenvalue weighted by molar-refractivity contribution is 5.15. The van der Waals surface area contributed by atoms with Crippen molar-refractivity contribution in [3.63, 3.8) is 0 Å². The molecule has 0 aromatic heterocycles. The van der Waals surface area contributed by atoms with Crippen molar-refractivity contribution in [1.29, 1.82) is 0 Å². The van der Waals surface area contributed by atoms with Crippen LogP contribution in [0.3, 0.4) is 0 Å². The van der Waals surface area contributed by atoms with E-state index in [1.807, 2.05) is 0 Å². The second-order valence-electron chi connectivity index (χ2n) is 7.29. The first kappa shape index (κ1) is 15.5. The van der Waals surface area contributed by atoms with Gasteiger partial charge in [0.1, 0.15) is 0 Å². The summed E-state index contributed by atoms with van der Waals surface area (Å²) in [5.41, 5.74) is 7.77. The summed E-state index contributed by atoms with van der Waals surface area (Å²) in [6.45, 7) is 10.1. The lowest BCUT2D eigenvalue weighted by Gasteiger charge is -2.43. The molecule has 0 amide bonds. The van der Waals surface area contributed by atoms with Crippen LogP contribution >= 0.6 is 0 Å². The number of nitrogens with zero attached hydrogens (tertiary/aromatic N) is 1. The van der Waals surface area contributed by atoms with Gasteiger partial charge in [0.05, 0.1) is 0 Å². The summed E-state index contributed by atoms with van der Waals surface area (Å²) >= 11 is 0. The number of hydrogen-bond donors (Lipinski definition) is 1. The lowest BCUT2D eigenvalue weighted by molar-refractivity contribution is 0.0688. The maximum Gasteiger partial charge on any atom is 0.0266 e. The summed E-state index contributed by atoms with van der Waals surface area (Å²) in [5.74, 6) is 0.840. The zero-order valence-corrected chi connectivity index (χ0v) is 13.3. The highest BCUT2D eigenvalue weighted by Crippen LogP contribution is 2.29. The molecule has 20 heavy (non-hydrogen) atoms. The first-order chi connectivity index (χ1) is 9.50. The summed E-state index contributed by atoms with van der Waals surface area (Å²) in [6, 6.07) is 11.4. The second kappa shape index (κ2) is 6.73. The Balaban J connectivity index is 1.86. The van der Waals surface area contributed by atoms with Gasteiger partial charge in [0.25, 0.3) is 0 Å². The third kappa shape index (κ3) is 4.07. The summed E-state index contributed by atoms with van der Waals surface area (Å²) in [4.78, 5) is 2.61. The minimum absolute atomic E-state index is 0.279. The monoisotopic (exact) mass is 274 g/mol. The van der Waals surface area contributed by atoms with Gasteiger partial charge in [0.2, 0.25) is 0 Å². The minimum Gasteiger partial charge on any atom is -0.329 e.